The van der Waals surface area contributed by atoms with Crippen LogP contribution < -0.4 is 0 Å². The van der Waals surface area contributed by atoms with Crippen molar-refractivity contribution < 1.29 is 13.9 Å². The highest BCUT2D eigenvalue weighted by atomic mass is 79.9. The Hall–Kier alpha value is -1.23. The monoisotopic (exact) mass is 257 g/mol. The summed E-state index contributed by atoms with van der Waals surface area (Å²) in [6.45, 7) is 0. The van der Waals surface area contributed by atoms with Gasteiger partial charge in [-0.25, -0.2) is 4.79 Å². The molecule has 0 radical (unpaired) electrons. The molecule has 2 aromatic heterocycles. The molecule has 0 aliphatic rings. The van der Waals surface area contributed by atoms with Crippen LogP contribution in [0.15, 0.2) is 21.2 Å². The Balaban J connectivity index is 2.64. The molecule has 0 saturated heterocycles. The van der Waals surface area contributed by atoms with Gasteiger partial charge in [0.2, 0.25) is 0 Å². The molecule has 74 valence electrons. The Bertz CT molecular complexity index is 497. The van der Waals surface area contributed by atoms with E-state index in [9.17, 15) is 4.79 Å². The number of aryl methyl sites for hydroxylation is 1. The molecule has 0 saturated carbocycles. The fourth-order valence-electron chi connectivity index (χ4n) is 1.38. The van der Waals surface area contributed by atoms with Crippen molar-refractivity contribution in [3.8, 4) is 0 Å². The van der Waals surface area contributed by atoms with Crippen LogP contribution in [0.4, 0.5) is 0 Å². The standard InChI is InChI=1S/C9H8BrNO3/c1-11-5-4-8(10)14-7(5)3-6(11)9(12)13-2/h3-4H,1-2H3. The van der Waals surface area contributed by atoms with Crippen LogP contribution in [-0.2, 0) is 11.8 Å². The second-order valence-electron chi connectivity index (χ2n) is 2.88. The van der Waals surface area contributed by atoms with Gasteiger partial charge in [0.05, 0.1) is 12.6 Å². The van der Waals surface area contributed by atoms with E-state index in [4.69, 9.17) is 4.42 Å². The summed E-state index contributed by atoms with van der Waals surface area (Å²) in [4.78, 5) is 11.3. The van der Waals surface area contributed by atoms with Crippen molar-refractivity contribution >= 4 is 33.0 Å². The van der Waals surface area contributed by atoms with Crippen LogP contribution in [0.25, 0.3) is 11.1 Å². The average Bonchev–Trinajstić information content (AvgIpc) is 2.64. The number of aromatic nitrogens is 1. The first kappa shape index (κ1) is 9.33. The highest BCUT2D eigenvalue weighted by Gasteiger charge is 2.16. The van der Waals surface area contributed by atoms with Crippen LogP contribution >= 0.6 is 15.9 Å². The number of carbonyl (C=O) groups is 1. The van der Waals surface area contributed by atoms with E-state index in [-0.39, 0.29) is 5.97 Å². The summed E-state index contributed by atoms with van der Waals surface area (Å²) in [6, 6.07) is 3.47. The number of carbonyl (C=O) groups excluding carboxylic acids is 1. The number of fused-ring (bicyclic) bond motifs is 1. The SMILES string of the molecule is COC(=O)c1cc2oc(Br)cc2n1C. The number of esters is 1. The van der Waals surface area contributed by atoms with E-state index < -0.39 is 0 Å². The van der Waals surface area contributed by atoms with E-state index in [1.54, 1.807) is 17.7 Å². The molecule has 2 rings (SSSR count). The largest absolute Gasteiger partial charge is 0.464 e. The lowest BCUT2D eigenvalue weighted by Gasteiger charge is -1.99. The molecule has 0 aliphatic heterocycles. The quantitative estimate of drug-likeness (QED) is 0.737. The highest BCUT2D eigenvalue weighted by molar-refractivity contribution is 9.10. The molecule has 0 aliphatic carbocycles. The third-order valence-electron chi connectivity index (χ3n) is 2.10. The molecule has 2 aromatic rings. The molecule has 0 atom stereocenters. The zero-order chi connectivity index (χ0) is 10.3. The molecule has 0 unspecified atom stereocenters. The molecule has 0 fully saturated rings. The molecular weight excluding hydrogens is 250 g/mol. The van der Waals surface area contributed by atoms with Gasteiger partial charge < -0.3 is 13.7 Å². The van der Waals surface area contributed by atoms with Crippen LogP contribution in [0.1, 0.15) is 10.5 Å². The van der Waals surface area contributed by atoms with Crippen molar-refractivity contribution in [3.05, 3.63) is 22.5 Å². The van der Waals surface area contributed by atoms with Gasteiger partial charge in [0.1, 0.15) is 5.69 Å². The van der Waals surface area contributed by atoms with E-state index in [0.29, 0.717) is 15.9 Å². The van der Waals surface area contributed by atoms with Gasteiger partial charge >= 0.3 is 5.97 Å². The zero-order valence-corrected chi connectivity index (χ0v) is 9.29. The first-order chi connectivity index (χ1) is 6.63. The number of rotatable bonds is 1. The van der Waals surface area contributed by atoms with Gasteiger partial charge in [-0.2, -0.15) is 0 Å². The Morgan fingerprint density at radius 2 is 2.29 bits per heavy atom. The van der Waals surface area contributed by atoms with Crippen LogP contribution in [0.2, 0.25) is 0 Å². The second kappa shape index (κ2) is 3.16. The maximum atomic E-state index is 11.3. The number of methoxy groups -OCH3 is 1. The predicted octanol–water partition coefficient (Wildman–Crippen LogP) is 2.32. The number of hydrogen-bond acceptors (Lipinski definition) is 3. The fourth-order valence-corrected chi connectivity index (χ4v) is 1.77. The van der Waals surface area contributed by atoms with Crippen LogP contribution in [0.3, 0.4) is 0 Å². The molecule has 0 aromatic carbocycles. The minimum atomic E-state index is -0.366. The van der Waals surface area contributed by atoms with E-state index in [1.165, 1.54) is 7.11 Å². The van der Waals surface area contributed by atoms with Crippen LogP contribution in [0.5, 0.6) is 0 Å². The average molecular weight is 258 g/mol. The van der Waals surface area contributed by atoms with Gasteiger partial charge in [-0.05, 0) is 15.9 Å². The summed E-state index contributed by atoms with van der Waals surface area (Å²) in [5, 5.41) is 0. The number of hydrogen-bond donors (Lipinski definition) is 0. The Labute approximate surface area is 88.6 Å². The van der Waals surface area contributed by atoms with Gasteiger partial charge in [-0.3, -0.25) is 0 Å². The molecule has 5 heteroatoms. The van der Waals surface area contributed by atoms with Crippen molar-refractivity contribution in [1.82, 2.24) is 4.57 Å². The van der Waals surface area contributed by atoms with Crippen molar-refractivity contribution in [2.45, 2.75) is 0 Å². The van der Waals surface area contributed by atoms with Crippen LogP contribution in [0, 0.1) is 0 Å². The van der Waals surface area contributed by atoms with Gasteiger partial charge in [0.25, 0.3) is 0 Å². The number of furan rings is 1. The first-order valence-electron chi connectivity index (χ1n) is 3.96. The first-order valence-corrected chi connectivity index (χ1v) is 4.76. The van der Waals surface area contributed by atoms with Crippen molar-refractivity contribution in [2.24, 2.45) is 7.05 Å². The molecule has 4 nitrogen and oxygen atoms in total. The fraction of sp³-hybridized carbons (Fsp3) is 0.222. The normalized spacial score (nSPS) is 10.8. The summed E-state index contributed by atoms with van der Waals surface area (Å²) in [7, 11) is 3.14. The number of nitrogens with zero attached hydrogens (tertiary/aromatic N) is 1. The van der Waals surface area contributed by atoms with Gasteiger partial charge in [-0.1, -0.05) is 0 Å². The molecule has 2 heterocycles. The summed E-state index contributed by atoms with van der Waals surface area (Å²) >= 11 is 3.22. The Morgan fingerprint density at radius 1 is 1.57 bits per heavy atom. The zero-order valence-electron chi connectivity index (χ0n) is 7.70. The van der Waals surface area contributed by atoms with Gasteiger partial charge in [0, 0.05) is 19.2 Å². The molecule has 0 amide bonds. The highest BCUT2D eigenvalue weighted by Crippen LogP contribution is 2.26. The van der Waals surface area contributed by atoms with E-state index in [0.717, 1.165) is 5.52 Å². The lowest BCUT2D eigenvalue weighted by atomic mass is 10.4. The van der Waals surface area contributed by atoms with Crippen molar-refractivity contribution in [2.75, 3.05) is 7.11 Å². The minimum absolute atomic E-state index is 0.366. The molecule has 0 bridgehead atoms. The van der Waals surface area contributed by atoms with E-state index in [2.05, 4.69) is 20.7 Å². The summed E-state index contributed by atoms with van der Waals surface area (Å²) < 4.78 is 12.3. The summed E-state index contributed by atoms with van der Waals surface area (Å²) in [6.07, 6.45) is 0. The summed E-state index contributed by atoms with van der Waals surface area (Å²) in [5.41, 5.74) is 2.01. The smallest absolute Gasteiger partial charge is 0.354 e. The van der Waals surface area contributed by atoms with E-state index >= 15 is 0 Å². The molecular formula is C9H8BrNO3. The van der Waals surface area contributed by atoms with Crippen molar-refractivity contribution in [1.29, 1.82) is 0 Å². The van der Waals surface area contributed by atoms with Gasteiger partial charge in [-0.15, -0.1) is 0 Å². The van der Waals surface area contributed by atoms with E-state index in [1.807, 2.05) is 6.07 Å². The topological polar surface area (TPSA) is 44.4 Å². The third kappa shape index (κ3) is 1.24. The molecule has 0 spiro atoms. The minimum Gasteiger partial charge on any atom is -0.464 e. The van der Waals surface area contributed by atoms with Crippen molar-refractivity contribution in [3.63, 3.8) is 0 Å². The second-order valence-corrected chi connectivity index (χ2v) is 3.66. The van der Waals surface area contributed by atoms with Crippen LogP contribution in [-0.4, -0.2) is 17.6 Å². The van der Waals surface area contributed by atoms with Gasteiger partial charge in [0.15, 0.2) is 10.3 Å². The lowest BCUT2D eigenvalue weighted by Crippen LogP contribution is -2.06. The lowest BCUT2D eigenvalue weighted by molar-refractivity contribution is 0.0590. The Kier molecular flexibility index (Phi) is 2.11. The maximum Gasteiger partial charge on any atom is 0.354 e. The Morgan fingerprint density at radius 3 is 2.86 bits per heavy atom. The summed E-state index contributed by atoms with van der Waals surface area (Å²) in [5.74, 6) is -0.366. The number of halogens is 1. The predicted molar refractivity (Wildman–Crippen MR) is 54.2 cm³/mol. The molecule has 0 N–H and O–H groups in total. The third-order valence-corrected chi connectivity index (χ3v) is 2.49. The molecule has 14 heavy (non-hydrogen) atoms. The maximum absolute atomic E-state index is 11.3. The number of ether oxygens (including phenoxy) is 1.